The van der Waals surface area contributed by atoms with Gasteiger partial charge in [0.1, 0.15) is 5.56 Å². The number of halogens is 3. The molecule has 1 aromatic carbocycles. The molecule has 38 heavy (non-hydrogen) atoms. The largest absolute Gasteiger partial charge is 0.416 e. The molecule has 1 N–H and O–H groups in total. The third-order valence-corrected chi connectivity index (χ3v) is 7.32. The molecule has 3 heterocycles. The van der Waals surface area contributed by atoms with Gasteiger partial charge in [0.15, 0.2) is 9.84 Å². The van der Waals surface area contributed by atoms with E-state index in [-0.39, 0.29) is 28.7 Å². The zero-order chi connectivity index (χ0) is 27.8. The summed E-state index contributed by atoms with van der Waals surface area (Å²) in [4.78, 5) is 30.7. The van der Waals surface area contributed by atoms with Crippen molar-refractivity contribution >= 4 is 22.0 Å². The number of sulfone groups is 1. The number of carbonyl (C=O) groups is 1. The number of amides is 1. The van der Waals surface area contributed by atoms with Gasteiger partial charge in [-0.15, -0.1) is 0 Å². The lowest BCUT2D eigenvalue weighted by molar-refractivity contribution is -0.137. The Hall–Kier alpha value is -4.00. The molecule has 1 unspecified atom stereocenters. The smallest absolute Gasteiger partial charge is 0.346 e. The summed E-state index contributed by atoms with van der Waals surface area (Å²) >= 11 is 0. The second-order valence-corrected chi connectivity index (χ2v) is 10.9. The monoisotopic (exact) mass is 547 g/mol. The molecular formula is C25H24F3N5O4S. The molecule has 2 aromatic heterocycles. The van der Waals surface area contributed by atoms with Crippen LogP contribution in [-0.2, 0) is 22.6 Å². The topological polar surface area (TPSA) is 114 Å². The van der Waals surface area contributed by atoms with Gasteiger partial charge in [-0.2, -0.15) is 18.3 Å². The van der Waals surface area contributed by atoms with Crippen molar-refractivity contribution in [1.29, 1.82) is 0 Å². The molecule has 1 aliphatic heterocycles. The van der Waals surface area contributed by atoms with Crippen LogP contribution in [0.25, 0.3) is 5.69 Å². The van der Waals surface area contributed by atoms with E-state index < -0.39 is 33.0 Å². The highest BCUT2D eigenvalue weighted by Crippen LogP contribution is 2.32. The number of rotatable bonds is 6. The molecule has 0 bridgehead atoms. The molecule has 1 aliphatic rings. The maximum Gasteiger partial charge on any atom is 0.416 e. The highest BCUT2D eigenvalue weighted by molar-refractivity contribution is 7.90. The number of hydrogen-bond acceptors (Lipinski definition) is 7. The fraction of sp³-hybridized carbons (Fsp3) is 0.280. The van der Waals surface area contributed by atoms with Crippen molar-refractivity contribution in [1.82, 2.24) is 19.9 Å². The summed E-state index contributed by atoms with van der Waals surface area (Å²) in [7, 11) is -1.72. The third-order valence-electron chi connectivity index (χ3n) is 6.22. The molecule has 0 saturated heterocycles. The Morgan fingerprint density at radius 3 is 2.50 bits per heavy atom. The van der Waals surface area contributed by atoms with Crippen LogP contribution in [0.1, 0.15) is 45.3 Å². The Kier molecular flexibility index (Phi) is 7.15. The molecule has 1 amide bonds. The molecule has 3 aromatic rings. The second-order valence-electron chi connectivity index (χ2n) is 8.85. The van der Waals surface area contributed by atoms with E-state index in [0.29, 0.717) is 23.4 Å². The van der Waals surface area contributed by atoms with E-state index in [9.17, 15) is 31.2 Å². The Morgan fingerprint density at radius 2 is 1.92 bits per heavy atom. The fourth-order valence-corrected chi connectivity index (χ4v) is 4.75. The average molecular weight is 548 g/mol. The van der Waals surface area contributed by atoms with Crippen LogP contribution in [0.3, 0.4) is 0 Å². The fourth-order valence-electron chi connectivity index (χ4n) is 4.19. The van der Waals surface area contributed by atoms with Gasteiger partial charge < -0.3 is 5.32 Å². The van der Waals surface area contributed by atoms with E-state index in [2.05, 4.69) is 15.4 Å². The zero-order valence-corrected chi connectivity index (χ0v) is 21.5. The van der Waals surface area contributed by atoms with Gasteiger partial charge in [0, 0.05) is 43.5 Å². The van der Waals surface area contributed by atoms with Crippen LogP contribution in [-0.4, -0.2) is 48.4 Å². The summed E-state index contributed by atoms with van der Waals surface area (Å²) < 4.78 is 64.6. The van der Waals surface area contributed by atoms with Crippen molar-refractivity contribution in [2.45, 2.75) is 37.0 Å². The van der Waals surface area contributed by atoms with Crippen molar-refractivity contribution in [3.8, 4) is 5.69 Å². The van der Waals surface area contributed by atoms with Gasteiger partial charge in [0.25, 0.3) is 11.5 Å². The first-order valence-electron chi connectivity index (χ1n) is 11.4. The standard InChI is InChI=1S/C25H24F3N5O4S/c1-15-20(22-9-10-31-32(22)2)12-21(23(34)30-13-17-7-8-19(14-29-17)38(3,36)37)24(35)33(15)18-6-4-5-16(11-18)25(26,27)28/h4-8,10-12,14,22H,9,13H2,1-3H3,(H,30,34). The van der Waals surface area contributed by atoms with E-state index in [1.165, 1.54) is 30.3 Å². The number of alkyl halides is 3. The quantitative estimate of drug-likeness (QED) is 0.507. The molecule has 0 spiro atoms. The summed E-state index contributed by atoms with van der Waals surface area (Å²) in [6.45, 7) is 1.50. The van der Waals surface area contributed by atoms with Gasteiger partial charge >= 0.3 is 6.18 Å². The van der Waals surface area contributed by atoms with Gasteiger partial charge in [-0.3, -0.25) is 24.1 Å². The summed E-state index contributed by atoms with van der Waals surface area (Å²) in [5, 5.41) is 8.44. The van der Waals surface area contributed by atoms with Gasteiger partial charge in [-0.25, -0.2) is 8.42 Å². The Morgan fingerprint density at radius 1 is 1.18 bits per heavy atom. The molecular weight excluding hydrogens is 523 g/mol. The van der Waals surface area contributed by atoms with Crippen molar-refractivity contribution in [2.24, 2.45) is 5.10 Å². The van der Waals surface area contributed by atoms with Crippen LogP contribution in [0.2, 0.25) is 0 Å². The van der Waals surface area contributed by atoms with Crippen molar-refractivity contribution < 1.29 is 26.4 Å². The predicted molar refractivity (Wildman–Crippen MR) is 134 cm³/mol. The number of pyridine rings is 2. The minimum Gasteiger partial charge on any atom is -0.346 e. The van der Waals surface area contributed by atoms with Crippen LogP contribution >= 0.6 is 0 Å². The van der Waals surface area contributed by atoms with E-state index in [0.717, 1.165) is 29.2 Å². The number of hydrazone groups is 1. The Balaban J connectivity index is 1.75. The first-order valence-corrected chi connectivity index (χ1v) is 13.3. The van der Waals surface area contributed by atoms with Gasteiger partial charge in [-0.1, -0.05) is 6.07 Å². The zero-order valence-electron chi connectivity index (χ0n) is 20.7. The predicted octanol–water partition coefficient (Wildman–Crippen LogP) is 3.26. The molecule has 0 radical (unpaired) electrons. The molecule has 1 atom stereocenters. The van der Waals surface area contributed by atoms with E-state index in [1.54, 1.807) is 25.2 Å². The lowest BCUT2D eigenvalue weighted by Crippen LogP contribution is -2.35. The maximum atomic E-state index is 13.5. The third kappa shape index (κ3) is 5.47. The van der Waals surface area contributed by atoms with Gasteiger partial charge in [-0.05, 0) is 48.9 Å². The second kappa shape index (κ2) is 10.0. The van der Waals surface area contributed by atoms with Crippen LogP contribution in [0, 0.1) is 6.92 Å². The van der Waals surface area contributed by atoms with E-state index in [1.807, 2.05) is 0 Å². The molecule has 13 heteroatoms. The lowest BCUT2D eigenvalue weighted by atomic mass is 9.99. The Bertz CT molecular complexity index is 1580. The molecule has 9 nitrogen and oxygen atoms in total. The lowest BCUT2D eigenvalue weighted by Gasteiger charge is -2.24. The molecule has 4 rings (SSSR count). The summed E-state index contributed by atoms with van der Waals surface area (Å²) in [5.41, 5.74) is -0.726. The molecule has 0 saturated carbocycles. The SMILES string of the molecule is Cc1c(C2CC=NN2C)cc(C(=O)NCc2ccc(S(C)(=O)=O)cn2)c(=O)n1-c1cccc(C(F)(F)F)c1. The first-order chi connectivity index (χ1) is 17.8. The van der Waals surface area contributed by atoms with Crippen molar-refractivity contribution in [2.75, 3.05) is 13.3 Å². The summed E-state index contributed by atoms with van der Waals surface area (Å²) in [5.74, 6) is -0.757. The normalized spacial score (nSPS) is 15.6. The van der Waals surface area contributed by atoms with Crippen LogP contribution in [0.5, 0.6) is 0 Å². The van der Waals surface area contributed by atoms with Gasteiger partial charge in [0.2, 0.25) is 0 Å². The van der Waals surface area contributed by atoms with E-state index in [4.69, 9.17) is 0 Å². The number of aromatic nitrogens is 2. The highest BCUT2D eigenvalue weighted by atomic mass is 32.2. The molecule has 200 valence electrons. The number of carbonyl (C=O) groups excluding carboxylic acids is 1. The number of hydrogen-bond donors (Lipinski definition) is 1. The summed E-state index contributed by atoms with van der Waals surface area (Å²) in [6.07, 6.45) is -0.254. The van der Waals surface area contributed by atoms with Gasteiger partial charge in [0.05, 0.1) is 28.7 Å². The van der Waals surface area contributed by atoms with Crippen molar-refractivity contribution in [3.63, 3.8) is 0 Å². The minimum absolute atomic E-state index is 0.0163. The average Bonchev–Trinajstić information content (AvgIpc) is 3.27. The van der Waals surface area contributed by atoms with E-state index >= 15 is 0 Å². The minimum atomic E-state index is -4.62. The van der Waals surface area contributed by atoms with Crippen LogP contribution < -0.4 is 10.9 Å². The van der Waals surface area contributed by atoms with Crippen LogP contribution in [0.4, 0.5) is 13.2 Å². The number of benzene rings is 1. The first kappa shape index (κ1) is 27.0. The summed E-state index contributed by atoms with van der Waals surface area (Å²) in [6, 6.07) is 8.23. The highest BCUT2D eigenvalue weighted by Gasteiger charge is 2.31. The van der Waals surface area contributed by atoms with Crippen molar-refractivity contribution in [3.05, 3.63) is 87.1 Å². The Labute approximate surface area is 216 Å². The van der Waals surface area contributed by atoms with Crippen LogP contribution in [0.15, 0.2) is 63.5 Å². The molecule has 0 fully saturated rings. The molecule has 0 aliphatic carbocycles. The number of nitrogens with zero attached hydrogens (tertiary/aromatic N) is 4. The maximum absolute atomic E-state index is 13.5. The number of nitrogens with one attached hydrogen (secondary N) is 1.